The molecule has 2 heterocycles. The molecular weight excluding hydrogens is 487 g/mol. The number of imide groups is 1. The summed E-state index contributed by atoms with van der Waals surface area (Å²) < 4.78 is 51.4. The molecule has 4 rings (SSSR count). The maximum atomic E-state index is 13.5. The van der Waals surface area contributed by atoms with Crippen LogP contribution in [0, 0.1) is 0 Å². The third-order valence-electron chi connectivity index (χ3n) is 6.75. The predicted molar refractivity (Wildman–Crippen MR) is 131 cm³/mol. The number of rotatable bonds is 9. The Bertz CT molecular complexity index is 1370. The van der Waals surface area contributed by atoms with Gasteiger partial charge in [-0.25, -0.2) is 4.79 Å². The molecule has 37 heavy (non-hydrogen) atoms. The highest BCUT2D eigenvalue weighted by atomic mass is 19.4. The van der Waals surface area contributed by atoms with E-state index < -0.39 is 22.8 Å². The van der Waals surface area contributed by atoms with Crippen LogP contribution < -0.4 is 10.4 Å². The number of nitrogens with zero attached hydrogens (tertiary/aromatic N) is 1. The zero-order valence-corrected chi connectivity index (χ0v) is 20.7. The van der Waals surface area contributed by atoms with Crippen LogP contribution in [0.3, 0.4) is 0 Å². The lowest BCUT2D eigenvalue weighted by Crippen LogP contribution is -2.37. The van der Waals surface area contributed by atoms with Gasteiger partial charge in [0.15, 0.2) is 0 Å². The minimum absolute atomic E-state index is 0.118. The molecule has 0 radical (unpaired) electrons. The highest BCUT2D eigenvalue weighted by Gasteiger charge is 2.48. The zero-order valence-electron chi connectivity index (χ0n) is 20.7. The fraction of sp³-hybridized carbons (Fsp3) is 0.393. The van der Waals surface area contributed by atoms with Gasteiger partial charge in [-0.2, -0.15) is 13.2 Å². The number of carbonyl (C=O) groups excluding carboxylic acids is 2. The lowest BCUT2D eigenvalue weighted by molar-refractivity contribution is -0.140. The smallest absolute Gasteiger partial charge is 0.417 e. The number of unbranched alkanes of at least 4 members (excludes halogenated alkanes) is 1. The summed E-state index contributed by atoms with van der Waals surface area (Å²) in [5.41, 5.74) is -1.89. The SMILES string of the molecule is CCCc1c(OCCCCN2C(=O)CC(C)(c3ccccc3)C2=O)ccc2c(C(F)(F)F)cc(=O)oc12. The van der Waals surface area contributed by atoms with Gasteiger partial charge < -0.3 is 9.15 Å². The fourth-order valence-corrected chi connectivity index (χ4v) is 4.82. The minimum atomic E-state index is -4.69. The molecule has 0 aliphatic carbocycles. The molecule has 3 aromatic rings. The molecule has 1 aliphatic heterocycles. The predicted octanol–water partition coefficient (Wildman–Crippen LogP) is 5.64. The van der Waals surface area contributed by atoms with Crippen molar-refractivity contribution in [3.63, 3.8) is 0 Å². The molecule has 0 spiro atoms. The molecule has 1 unspecified atom stereocenters. The molecule has 1 fully saturated rings. The molecule has 1 aliphatic rings. The van der Waals surface area contributed by atoms with E-state index in [1.165, 1.54) is 17.0 Å². The first-order chi connectivity index (χ1) is 17.6. The summed E-state index contributed by atoms with van der Waals surface area (Å²) in [5.74, 6) is -0.0887. The molecule has 0 N–H and O–H groups in total. The molecule has 9 heteroatoms. The second kappa shape index (κ2) is 10.4. The maximum Gasteiger partial charge on any atom is 0.417 e. The van der Waals surface area contributed by atoms with E-state index >= 15 is 0 Å². The Morgan fingerprint density at radius 2 is 1.78 bits per heavy atom. The van der Waals surface area contributed by atoms with E-state index in [9.17, 15) is 27.6 Å². The van der Waals surface area contributed by atoms with Crippen molar-refractivity contribution in [3.05, 3.63) is 75.6 Å². The number of hydrogen-bond acceptors (Lipinski definition) is 5. The van der Waals surface area contributed by atoms with Crippen LogP contribution >= 0.6 is 0 Å². The molecule has 2 amide bonds. The number of carbonyl (C=O) groups is 2. The second-order valence-corrected chi connectivity index (χ2v) is 9.43. The number of hydrogen-bond donors (Lipinski definition) is 0. The molecule has 1 aromatic heterocycles. The third-order valence-corrected chi connectivity index (χ3v) is 6.75. The van der Waals surface area contributed by atoms with Crippen molar-refractivity contribution in [2.45, 2.75) is 57.5 Å². The third kappa shape index (κ3) is 5.26. The summed E-state index contributed by atoms with van der Waals surface area (Å²) in [6.45, 7) is 4.12. The largest absolute Gasteiger partial charge is 0.493 e. The van der Waals surface area contributed by atoms with E-state index in [0.717, 1.165) is 5.56 Å². The highest BCUT2D eigenvalue weighted by molar-refractivity contribution is 6.08. The van der Waals surface area contributed by atoms with Gasteiger partial charge in [0.25, 0.3) is 0 Å². The van der Waals surface area contributed by atoms with Gasteiger partial charge >= 0.3 is 11.8 Å². The van der Waals surface area contributed by atoms with Crippen molar-refractivity contribution >= 4 is 22.8 Å². The standard InChI is InChI=1S/C28H28F3NO5/c1-3-9-20-22(13-12-19-21(28(29,30)31)16-24(34)37-25(19)20)36-15-8-7-14-32-23(33)17-27(2,26(32)35)18-10-5-4-6-11-18/h4-6,10-13,16H,3,7-9,14-15,17H2,1-2H3. The van der Waals surface area contributed by atoms with Crippen LogP contribution in [0.4, 0.5) is 13.2 Å². The number of fused-ring (bicyclic) bond motifs is 1. The monoisotopic (exact) mass is 515 g/mol. The van der Waals surface area contributed by atoms with Gasteiger partial charge in [-0.3, -0.25) is 14.5 Å². The van der Waals surface area contributed by atoms with Crippen molar-refractivity contribution in [1.82, 2.24) is 4.90 Å². The Hall–Kier alpha value is -3.62. The topological polar surface area (TPSA) is 76.8 Å². The number of alkyl halides is 3. The number of amides is 2. The first kappa shape index (κ1) is 26.4. The number of likely N-dealkylation sites (tertiary alicyclic amines) is 1. The van der Waals surface area contributed by atoms with E-state index in [-0.39, 0.29) is 42.4 Å². The summed E-state index contributed by atoms with van der Waals surface area (Å²) in [6.07, 6.45) is -2.59. The van der Waals surface area contributed by atoms with E-state index in [1.54, 1.807) is 6.92 Å². The maximum absolute atomic E-state index is 13.5. The van der Waals surface area contributed by atoms with Gasteiger partial charge in [-0.05, 0) is 43.9 Å². The molecule has 6 nitrogen and oxygen atoms in total. The Morgan fingerprint density at radius 1 is 1.05 bits per heavy atom. The summed E-state index contributed by atoms with van der Waals surface area (Å²) >= 11 is 0. The molecule has 1 saturated heterocycles. The second-order valence-electron chi connectivity index (χ2n) is 9.43. The zero-order chi connectivity index (χ0) is 26.8. The Kier molecular flexibility index (Phi) is 7.43. The van der Waals surface area contributed by atoms with Crippen molar-refractivity contribution in [3.8, 4) is 5.75 Å². The quantitative estimate of drug-likeness (QED) is 0.209. The van der Waals surface area contributed by atoms with Crippen molar-refractivity contribution in [2.24, 2.45) is 0 Å². The van der Waals surface area contributed by atoms with Crippen LogP contribution in [-0.2, 0) is 27.6 Å². The van der Waals surface area contributed by atoms with Crippen LogP contribution in [0.15, 0.2) is 57.7 Å². The van der Waals surface area contributed by atoms with E-state index in [4.69, 9.17) is 9.15 Å². The van der Waals surface area contributed by atoms with Crippen molar-refractivity contribution in [1.29, 1.82) is 0 Å². The molecule has 0 bridgehead atoms. The lowest BCUT2D eigenvalue weighted by Gasteiger charge is -2.22. The van der Waals surface area contributed by atoms with E-state index in [2.05, 4.69) is 0 Å². The van der Waals surface area contributed by atoms with Gasteiger partial charge in [0, 0.05) is 30.0 Å². The van der Waals surface area contributed by atoms with Gasteiger partial charge in [0.1, 0.15) is 11.3 Å². The normalized spacial score (nSPS) is 18.1. The van der Waals surface area contributed by atoms with Gasteiger partial charge in [-0.1, -0.05) is 43.7 Å². The Balaban J connectivity index is 1.42. The molecule has 1 atom stereocenters. The number of ether oxygens (including phenoxy) is 1. The van der Waals surface area contributed by atoms with Gasteiger partial charge in [-0.15, -0.1) is 0 Å². The average molecular weight is 516 g/mol. The van der Waals surface area contributed by atoms with Crippen molar-refractivity contribution < 1.29 is 31.9 Å². The number of benzene rings is 2. The minimum Gasteiger partial charge on any atom is -0.493 e. The summed E-state index contributed by atoms with van der Waals surface area (Å²) in [4.78, 5) is 38.8. The Labute approximate surface area is 212 Å². The van der Waals surface area contributed by atoms with Crippen LogP contribution in [-0.4, -0.2) is 29.9 Å². The summed E-state index contributed by atoms with van der Waals surface area (Å²) in [5, 5.41) is -0.185. The van der Waals surface area contributed by atoms with Gasteiger partial charge in [0.2, 0.25) is 11.8 Å². The van der Waals surface area contributed by atoms with Crippen molar-refractivity contribution in [2.75, 3.05) is 13.2 Å². The Morgan fingerprint density at radius 3 is 2.46 bits per heavy atom. The number of aryl methyl sites for hydroxylation is 1. The molecule has 196 valence electrons. The highest BCUT2D eigenvalue weighted by Crippen LogP contribution is 2.38. The summed E-state index contributed by atoms with van der Waals surface area (Å²) in [6, 6.07) is 12.4. The fourth-order valence-electron chi connectivity index (χ4n) is 4.82. The molecular formula is C28H28F3NO5. The first-order valence-corrected chi connectivity index (χ1v) is 12.3. The van der Waals surface area contributed by atoms with E-state index in [0.29, 0.717) is 43.1 Å². The first-order valence-electron chi connectivity index (χ1n) is 12.3. The van der Waals surface area contributed by atoms with Crippen LogP contribution in [0.1, 0.15) is 56.2 Å². The van der Waals surface area contributed by atoms with Crippen LogP contribution in [0.25, 0.3) is 11.0 Å². The number of halogens is 3. The molecule has 0 saturated carbocycles. The summed E-state index contributed by atoms with van der Waals surface area (Å²) in [7, 11) is 0. The molecule has 2 aromatic carbocycles. The van der Waals surface area contributed by atoms with E-state index in [1.807, 2.05) is 37.3 Å². The average Bonchev–Trinajstić information content (AvgIpc) is 3.08. The lowest BCUT2D eigenvalue weighted by atomic mass is 9.81. The van der Waals surface area contributed by atoms with Crippen LogP contribution in [0.5, 0.6) is 5.75 Å². The van der Waals surface area contributed by atoms with Crippen LogP contribution in [0.2, 0.25) is 0 Å². The van der Waals surface area contributed by atoms with Gasteiger partial charge in [0.05, 0.1) is 17.6 Å².